The molecule has 6 nitrogen and oxygen atoms in total. The summed E-state index contributed by atoms with van der Waals surface area (Å²) in [6, 6.07) is 0.198. The van der Waals surface area contributed by atoms with Crippen LogP contribution in [0.5, 0.6) is 0 Å². The van der Waals surface area contributed by atoms with Crippen LogP contribution in [0.1, 0.15) is 44.9 Å². The maximum atomic E-state index is 12.4. The van der Waals surface area contributed by atoms with Gasteiger partial charge in [-0.1, -0.05) is 12.8 Å². The number of carbonyl (C=O) groups is 2. The lowest BCUT2D eigenvalue weighted by Crippen LogP contribution is -2.47. The van der Waals surface area contributed by atoms with Gasteiger partial charge < -0.3 is 19.7 Å². The minimum atomic E-state index is -0.291. The van der Waals surface area contributed by atoms with Gasteiger partial charge in [0.25, 0.3) is 0 Å². The second kappa shape index (κ2) is 8.22. The minimum Gasteiger partial charge on any atom is -0.469 e. The Morgan fingerprint density at radius 2 is 2.00 bits per heavy atom. The fourth-order valence-electron chi connectivity index (χ4n) is 2.97. The lowest BCUT2D eigenvalue weighted by Gasteiger charge is -2.27. The number of esters is 1. The summed E-state index contributed by atoms with van der Waals surface area (Å²) in [6.07, 6.45) is 6.80. The average Bonchev–Trinajstić information content (AvgIpc) is 3.16. The Bertz CT molecular complexity index is 350. The van der Waals surface area contributed by atoms with Gasteiger partial charge in [-0.25, -0.2) is 4.79 Å². The van der Waals surface area contributed by atoms with Crippen molar-refractivity contribution in [2.75, 3.05) is 26.8 Å². The molecule has 1 saturated carbocycles. The van der Waals surface area contributed by atoms with Crippen molar-refractivity contribution in [1.82, 2.24) is 10.2 Å². The van der Waals surface area contributed by atoms with E-state index in [2.05, 4.69) is 10.1 Å². The summed E-state index contributed by atoms with van der Waals surface area (Å²) in [4.78, 5) is 25.4. The van der Waals surface area contributed by atoms with Crippen LogP contribution < -0.4 is 5.32 Å². The van der Waals surface area contributed by atoms with Crippen molar-refractivity contribution in [1.29, 1.82) is 0 Å². The Hall–Kier alpha value is -1.30. The van der Waals surface area contributed by atoms with Crippen LogP contribution in [0.3, 0.4) is 0 Å². The third-order valence-electron chi connectivity index (χ3n) is 4.23. The van der Waals surface area contributed by atoms with Gasteiger partial charge in [0.2, 0.25) is 0 Å². The molecule has 1 heterocycles. The van der Waals surface area contributed by atoms with Gasteiger partial charge in [0.15, 0.2) is 0 Å². The van der Waals surface area contributed by atoms with E-state index in [4.69, 9.17) is 4.74 Å². The van der Waals surface area contributed by atoms with Gasteiger partial charge in [0.1, 0.15) is 0 Å². The topological polar surface area (TPSA) is 67.9 Å². The highest BCUT2D eigenvalue weighted by Crippen LogP contribution is 2.18. The fraction of sp³-hybridized carbons (Fsp3) is 0.867. The monoisotopic (exact) mass is 298 g/mol. The van der Waals surface area contributed by atoms with Crippen molar-refractivity contribution in [3.8, 4) is 0 Å². The van der Waals surface area contributed by atoms with Crippen LogP contribution in [0.25, 0.3) is 0 Å². The standard InChI is InChI=1S/C15H26N2O4/c1-20-14(18)8-9-17(11-13-7-4-10-21-13)15(19)16-12-5-2-3-6-12/h12-13H,2-11H2,1H3,(H,16,19). The second-order valence-corrected chi connectivity index (χ2v) is 5.84. The van der Waals surface area contributed by atoms with Crippen LogP contribution >= 0.6 is 0 Å². The molecule has 21 heavy (non-hydrogen) atoms. The number of carbonyl (C=O) groups excluding carboxylic acids is 2. The van der Waals surface area contributed by atoms with Crippen molar-refractivity contribution in [3.05, 3.63) is 0 Å². The summed E-state index contributed by atoms with van der Waals surface area (Å²) >= 11 is 0. The number of hydrogen-bond acceptors (Lipinski definition) is 4. The van der Waals surface area contributed by atoms with Crippen molar-refractivity contribution in [3.63, 3.8) is 0 Å². The Morgan fingerprint density at radius 3 is 2.62 bits per heavy atom. The minimum absolute atomic E-state index is 0.0821. The van der Waals surface area contributed by atoms with E-state index in [1.54, 1.807) is 4.90 Å². The molecular formula is C15H26N2O4. The van der Waals surface area contributed by atoms with Gasteiger partial charge >= 0.3 is 12.0 Å². The first-order valence-electron chi connectivity index (χ1n) is 7.93. The van der Waals surface area contributed by atoms with Gasteiger partial charge in [-0.3, -0.25) is 4.79 Å². The number of ether oxygens (including phenoxy) is 2. The summed E-state index contributed by atoms with van der Waals surface area (Å²) < 4.78 is 10.3. The SMILES string of the molecule is COC(=O)CCN(CC1CCCO1)C(=O)NC1CCCC1. The summed E-state index contributed by atoms with van der Waals surface area (Å²) in [6.45, 7) is 1.69. The maximum absolute atomic E-state index is 12.4. The Kier molecular flexibility index (Phi) is 6.29. The first kappa shape index (κ1) is 16.1. The first-order chi connectivity index (χ1) is 10.2. The van der Waals surface area contributed by atoms with Gasteiger partial charge in [0.05, 0.1) is 19.6 Å². The maximum Gasteiger partial charge on any atom is 0.317 e. The molecule has 1 unspecified atom stereocenters. The quantitative estimate of drug-likeness (QED) is 0.758. The number of nitrogens with one attached hydrogen (secondary N) is 1. The summed E-state index contributed by atoms with van der Waals surface area (Å²) in [5, 5.41) is 3.07. The molecule has 0 aromatic carbocycles. The van der Waals surface area contributed by atoms with Crippen molar-refractivity contribution in [2.45, 2.75) is 57.1 Å². The fourth-order valence-corrected chi connectivity index (χ4v) is 2.97. The van der Waals surface area contributed by atoms with Crippen LogP contribution in [0.15, 0.2) is 0 Å². The zero-order valence-corrected chi connectivity index (χ0v) is 12.8. The number of nitrogens with zero attached hydrogens (tertiary/aromatic N) is 1. The Morgan fingerprint density at radius 1 is 1.24 bits per heavy atom. The molecule has 2 rings (SSSR count). The third-order valence-corrected chi connectivity index (χ3v) is 4.23. The lowest BCUT2D eigenvalue weighted by molar-refractivity contribution is -0.140. The third kappa shape index (κ3) is 5.19. The molecule has 0 spiro atoms. The molecule has 0 aromatic heterocycles. The normalized spacial score (nSPS) is 22.2. The molecule has 0 bridgehead atoms. The Labute approximate surface area is 126 Å². The largest absolute Gasteiger partial charge is 0.469 e. The molecule has 1 aliphatic heterocycles. The predicted molar refractivity (Wildman–Crippen MR) is 78.0 cm³/mol. The number of methoxy groups -OCH3 is 1. The number of amides is 2. The van der Waals surface area contributed by atoms with Crippen molar-refractivity contribution >= 4 is 12.0 Å². The zero-order valence-electron chi connectivity index (χ0n) is 12.8. The van der Waals surface area contributed by atoms with Crippen LogP contribution in [-0.2, 0) is 14.3 Å². The van der Waals surface area contributed by atoms with Crippen molar-refractivity contribution < 1.29 is 19.1 Å². The van der Waals surface area contributed by atoms with Gasteiger partial charge in [0, 0.05) is 25.7 Å². The van der Waals surface area contributed by atoms with E-state index in [-0.39, 0.29) is 30.6 Å². The molecule has 1 saturated heterocycles. The molecule has 1 atom stereocenters. The van der Waals surface area contributed by atoms with E-state index in [0.717, 1.165) is 32.3 Å². The van der Waals surface area contributed by atoms with Crippen molar-refractivity contribution in [2.24, 2.45) is 0 Å². The van der Waals surface area contributed by atoms with Gasteiger partial charge in [-0.15, -0.1) is 0 Å². The molecule has 120 valence electrons. The summed E-state index contributed by atoms with van der Waals surface area (Å²) in [5.41, 5.74) is 0. The highest BCUT2D eigenvalue weighted by molar-refractivity contribution is 5.76. The molecule has 0 aromatic rings. The number of hydrogen-bond donors (Lipinski definition) is 1. The van der Waals surface area contributed by atoms with E-state index >= 15 is 0 Å². The summed E-state index contributed by atoms with van der Waals surface area (Å²) in [7, 11) is 1.37. The highest BCUT2D eigenvalue weighted by atomic mass is 16.5. The van der Waals surface area contributed by atoms with Crippen LogP contribution in [0.2, 0.25) is 0 Å². The van der Waals surface area contributed by atoms with Gasteiger partial charge in [-0.2, -0.15) is 0 Å². The van der Waals surface area contributed by atoms with E-state index in [9.17, 15) is 9.59 Å². The molecule has 2 fully saturated rings. The lowest BCUT2D eigenvalue weighted by atomic mass is 10.2. The van der Waals surface area contributed by atoms with E-state index in [0.29, 0.717) is 13.1 Å². The number of urea groups is 1. The first-order valence-corrected chi connectivity index (χ1v) is 7.93. The highest BCUT2D eigenvalue weighted by Gasteiger charge is 2.25. The molecule has 1 aliphatic carbocycles. The summed E-state index contributed by atoms with van der Waals surface area (Å²) in [5.74, 6) is -0.291. The molecular weight excluding hydrogens is 272 g/mol. The zero-order chi connectivity index (χ0) is 15.1. The molecule has 2 aliphatic rings. The average molecular weight is 298 g/mol. The van der Waals surface area contributed by atoms with E-state index in [1.807, 2.05) is 0 Å². The van der Waals surface area contributed by atoms with Gasteiger partial charge in [-0.05, 0) is 25.7 Å². The van der Waals surface area contributed by atoms with Crippen LogP contribution in [-0.4, -0.2) is 55.9 Å². The van der Waals surface area contributed by atoms with E-state index in [1.165, 1.54) is 20.0 Å². The van der Waals surface area contributed by atoms with Crippen LogP contribution in [0, 0.1) is 0 Å². The second-order valence-electron chi connectivity index (χ2n) is 5.84. The Balaban J connectivity index is 1.85. The molecule has 6 heteroatoms. The van der Waals surface area contributed by atoms with Crippen LogP contribution in [0.4, 0.5) is 4.79 Å². The molecule has 1 N–H and O–H groups in total. The molecule has 0 radical (unpaired) electrons. The number of rotatable bonds is 6. The van der Waals surface area contributed by atoms with E-state index < -0.39 is 0 Å². The molecule has 2 amide bonds. The smallest absolute Gasteiger partial charge is 0.317 e. The predicted octanol–water partition coefficient (Wildman–Crippen LogP) is 1.68.